The summed E-state index contributed by atoms with van der Waals surface area (Å²) in [5.41, 5.74) is 4.14. The number of aromatic nitrogens is 1. The summed E-state index contributed by atoms with van der Waals surface area (Å²) in [6, 6.07) is 9.12. The number of rotatable bonds is 5. The highest BCUT2D eigenvalue weighted by molar-refractivity contribution is 6.09. The van der Waals surface area contributed by atoms with Crippen LogP contribution in [-0.2, 0) is 0 Å². The van der Waals surface area contributed by atoms with Crippen molar-refractivity contribution in [3.05, 3.63) is 53.2 Å². The zero-order valence-electron chi connectivity index (χ0n) is 16.0. The lowest BCUT2D eigenvalue weighted by Crippen LogP contribution is -2.13. The highest BCUT2D eigenvalue weighted by Crippen LogP contribution is 2.38. The van der Waals surface area contributed by atoms with Crippen molar-refractivity contribution in [2.45, 2.75) is 13.8 Å². The van der Waals surface area contributed by atoms with Crippen molar-refractivity contribution in [2.75, 3.05) is 26.6 Å². The number of benzene rings is 2. The average Bonchev–Trinajstić information content (AvgIpc) is 2.67. The summed E-state index contributed by atoms with van der Waals surface area (Å²) in [7, 11) is 4.55. The number of hydrogen-bond donors (Lipinski definition) is 1. The molecule has 1 aromatic heterocycles. The van der Waals surface area contributed by atoms with Crippen LogP contribution in [0.5, 0.6) is 17.2 Å². The van der Waals surface area contributed by atoms with Crippen LogP contribution in [0.3, 0.4) is 0 Å². The topological polar surface area (TPSA) is 69.7 Å². The van der Waals surface area contributed by atoms with E-state index in [4.69, 9.17) is 14.2 Å². The van der Waals surface area contributed by atoms with E-state index >= 15 is 0 Å². The van der Waals surface area contributed by atoms with Gasteiger partial charge in [0.05, 0.1) is 32.5 Å². The number of ether oxygens (including phenoxy) is 3. The number of methoxy groups -OCH3 is 3. The molecule has 3 aromatic rings. The van der Waals surface area contributed by atoms with Crippen LogP contribution in [0, 0.1) is 13.8 Å². The van der Waals surface area contributed by atoms with Crippen molar-refractivity contribution < 1.29 is 19.0 Å². The molecular weight excluding hydrogens is 344 g/mol. The van der Waals surface area contributed by atoms with Gasteiger partial charge in [-0.2, -0.15) is 0 Å². The van der Waals surface area contributed by atoms with Gasteiger partial charge in [0.1, 0.15) is 0 Å². The SMILES string of the molecule is COc1cc(C(=O)Nc2ccnc3c(C)cc(C)cc23)cc(OC)c1OC. The molecule has 0 aliphatic rings. The van der Waals surface area contributed by atoms with E-state index in [0.29, 0.717) is 28.5 Å². The molecule has 27 heavy (non-hydrogen) atoms. The lowest BCUT2D eigenvalue weighted by molar-refractivity contribution is 0.102. The molecule has 2 aromatic carbocycles. The molecule has 0 saturated carbocycles. The van der Waals surface area contributed by atoms with Crippen molar-refractivity contribution >= 4 is 22.5 Å². The van der Waals surface area contributed by atoms with Gasteiger partial charge in [0.15, 0.2) is 11.5 Å². The van der Waals surface area contributed by atoms with Crippen LogP contribution in [0.4, 0.5) is 5.69 Å². The molecule has 0 radical (unpaired) electrons. The minimum Gasteiger partial charge on any atom is -0.493 e. The Labute approximate surface area is 158 Å². The monoisotopic (exact) mass is 366 g/mol. The van der Waals surface area contributed by atoms with Crippen LogP contribution in [0.15, 0.2) is 36.5 Å². The van der Waals surface area contributed by atoms with Crippen LogP contribution in [-0.4, -0.2) is 32.2 Å². The van der Waals surface area contributed by atoms with Crippen molar-refractivity contribution in [3.8, 4) is 17.2 Å². The summed E-state index contributed by atoms with van der Waals surface area (Å²) >= 11 is 0. The zero-order valence-corrected chi connectivity index (χ0v) is 16.0. The Kier molecular flexibility index (Phi) is 5.16. The van der Waals surface area contributed by atoms with Crippen LogP contribution >= 0.6 is 0 Å². The summed E-state index contributed by atoms with van der Waals surface area (Å²) in [5.74, 6) is 1.01. The lowest BCUT2D eigenvalue weighted by atomic mass is 10.1. The van der Waals surface area contributed by atoms with Gasteiger partial charge in [-0.3, -0.25) is 9.78 Å². The summed E-state index contributed by atoms with van der Waals surface area (Å²) in [4.78, 5) is 17.3. The van der Waals surface area contributed by atoms with Crippen LogP contribution in [0.25, 0.3) is 10.9 Å². The second-order valence-electron chi connectivity index (χ2n) is 6.20. The van der Waals surface area contributed by atoms with Crippen molar-refractivity contribution in [3.63, 3.8) is 0 Å². The van der Waals surface area contributed by atoms with Crippen LogP contribution < -0.4 is 19.5 Å². The fourth-order valence-electron chi connectivity index (χ4n) is 3.13. The number of pyridine rings is 1. The Morgan fingerprint density at radius 3 is 2.22 bits per heavy atom. The van der Waals surface area contributed by atoms with Gasteiger partial charge < -0.3 is 19.5 Å². The molecule has 6 nitrogen and oxygen atoms in total. The van der Waals surface area contributed by atoms with Crippen LogP contribution in [0.2, 0.25) is 0 Å². The van der Waals surface area contributed by atoms with Gasteiger partial charge in [-0.1, -0.05) is 11.6 Å². The largest absolute Gasteiger partial charge is 0.493 e. The standard InChI is InChI=1S/C21H22N2O4/c1-12-8-13(2)19-15(9-12)16(6-7-22-19)23-21(24)14-10-17(25-3)20(27-5)18(11-14)26-4/h6-11H,1-5H3,(H,22,23,24). The van der Waals surface area contributed by atoms with Crippen molar-refractivity contribution in [2.24, 2.45) is 0 Å². The maximum atomic E-state index is 12.9. The third-order valence-electron chi connectivity index (χ3n) is 4.35. The summed E-state index contributed by atoms with van der Waals surface area (Å²) in [6.45, 7) is 4.03. The molecular formula is C21H22N2O4. The van der Waals surface area contributed by atoms with Gasteiger partial charge in [-0.15, -0.1) is 0 Å². The molecule has 140 valence electrons. The van der Waals surface area contributed by atoms with E-state index in [2.05, 4.69) is 16.4 Å². The number of carbonyl (C=O) groups excluding carboxylic acids is 1. The highest BCUT2D eigenvalue weighted by atomic mass is 16.5. The minimum atomic E-state index is -0.277. The Hall–Kier alpha value is -3.28. The predicted octanol–water partition coefficient (Wildman–Crippen LogP) is 4.13. The first-order chi connectivity index (χ1) is 13.0. The second kappa shape index (κ2) is 7.53. The number of hydrogen-bond acceptors (Lipinski definition) is 5. The second-order valence-corrected chi connectivity index (χ2v) is 6.20. The van der Waals surface area contributed by atoms with Gasteiger partial charge in [0.25, 0.3) is 5.91 Å². The van der Waals surface area contributed by atoms with Gasteiger partial charge in [0.2, 0.25) is 5.75 Å². The molecule has 0 aliphatic carbocycles. The molecule has 6 heteroatoms. The summed E-state index contributed by atoms with van der Waals surface area (Å²) < 4.78 is 16.0. The molecule has 0 unspecified atom stereocenters. The van der Waals surface area contributed by atoms with E-state index in [1.165, 1.54) is 21.3 Å². The van der Waals surface area contributed by atoms with Gasteiger partial charge >= 0.3 is 0 Å². The molecule has 3 rings (SSSR count). The number of fused-ring (bicyclic) bond motifs is 1. The Morgan fingerprint density at radius 1 is 0.963 bits per heavy atom. The van der Waals surface area contributed by atoms with Crippen molar-refractivity contribution in [1.82, 2.24) is 4.98 Å². The van der Waals surface area contributed by atoms with Gasteiger partial charge in [0, 0.05) is 17.1 Å². The Bertz CT molecular complexity index is 989. The maximum Gasteiger partial charge on any atom is 0.255 e. The van der Waals surface area contributed by atoms with E-state index < -0.39 is 0 Å². The first-order valence-electron chi connectivity index (χ1n) is 8.45. The normalized spacial score (nSPS) is 10.6. The maximum absolute atomic E-state index is 12.9. The molecule has 1 N–H and O–H groups in total. The van der Waals surface area contributed by atoms with Crippen LogP contribution in [0.1, 0.15) is 21.5 Å². The molecule has 0 fully saturated rings. The Morgan fingerprint density at radius 2 is 1.63 bits per heavy atom. The number of amides is 1. The molecule has 0 saturated heterocycles. The Balaban J connectivity index is 2.03. The first kappa shape index (κ1) is 18.5. The fraction of sp³-hybridized carbons (Fsp3) is 0.238. The quantitative estimate of drug-likeness (QED) is 0.735. The van der Waals surface area contributed by atoms with E-state index in [0.717, 1.165) is 22.0 Å². The predicted molar refractivity (Wildman–Crippen MR) is 105 cm³/mol. The van der Waals surface area contributed by atoms with E-state index in [9.17, 15) is 4.79 Å². The number of anilines is 1. The van der Waals surface area contributed by atoms with Gasteiger partial charge in [-0.25, -0.2) is 0 Å². The third-order valence-corrected chi connectivity index (χ3v) is 4.35. The fourth-order valence-corrected chi connectivity index (χ4v) is 3.13. The van der Waals surface area contributed by atoms with E-state index in [1.807, 2.05) is 19.9 Å². The molecule has 0 aliphatic heterocycles. The van der Waals surface area contributed by atoms with E-state index in [-0.39, 0.29) is 5.91 Å². The zero-order chi connectivity index (χ0) is 19.6. The minimum absolute atomic E-state index is 0.277. The van der Waals surface area contributed by atoms with E-state index in [1.54, 1.807) is 24.4 Å². The molecule has 0 bridgehead atoms. The first-order valence-corrected chi connectivity index (χ1v) is 8.45. The van der Waals surface area contributed by atoms with Gasteiger partial charge in [-0.05, 0) is 43.7 Å². The molecule has 0 atom stereocenters. The lowest BCUT2D eigenvalue weighted by Gasteiger charge is -2.15. The number of nitrogens with zero attached hydrogens (tertiary/aromatic N) is 1. The average molecular weight is 366 g/mol. The summed E-state index contributed by atoms with van der Waals surface area (Å²) in [5, 5.41) is 3.86. The summed E-state index contributed by atoms with van der Waals surface area (Å²) in [6.07, 6.45) is 1.69. The smallest absolute Gasteiger partial charge is 0.255 e. The number of aryl methyl sites for hydroxylation is 2. The number of carbonyl (C=O) groups is 1. The van der Waals surface area contributed by atoms with Crippen molar-refractivity contribution in [1.29, 1.82) is 0 Å². The third kappa shape index (κ3) is 3.51. The number of nitrogens with one attached hydrogen (secondary N) is 1. The molecule has 1 heterocycles. The molecule has 0 spiro atoms. The molecule has 1 amide bonds. The highest BCUT2D eigenvalue weighted by Gasteiger charge is 2.18.